The Balaban J connectivity index is 5.27. The third-order valence-corrected chi connectivity index (χ3v) is 22.4. The lowest BCUT2D eigenvalue weighted by atomic mass is 10.0. The van der Waals surface area contributed by atoms with Crippen LogP contribution in [0.1, 0.15) is 464 Å². The van der Waals surface area contributed by atoms with Gasteiger partial charge in [0.05, 0.1) is 26.4 Å². The molecule has 0 aliphatic rings. The van der Waals surface area contributed by atoms with Crippen LogP contribution in [-0.2, 0) is 65.4 Å². The number of hydrogen-bond donors (Lipinski definition) is 3. The van der Waals surface area contributed by atoms with Crippen LogP contribution in [0.2, 0.25) is 0 Å². The molecule has 0 rings (SSSR count). The van der Waals surface area contributed by atoms with Gasteiger partial charge >= 0.3 is 39.5 Å². The summed E-state index contributed by atoms with van der Waals surface area (Å²) >= 11 is 0. The summed E-state index contributed by atoms with van der Waals surface area (Å²) in [6.45, 7) is 5.01. The number of esters is 4. The van der Waals surface area contributed by atoms with Crippen molar-refractivity contribution in [2.24, 2.45) is 0 Å². The summed E-state index contributed by atoms with van der Waals surface area (Å²) in [5.74, 6) is -2.12. The Morgan fingerprint density at radius 1 is 0.259 bits per heavy atom. The number of allylic oxidation sites excluding steroid dienone is 4. The van der Waals surface area contributed by atoms with E-state index in [1.165, 1.54) is 283 Å². The summed E-state index contributed by atoms with van der Waals surface area (Å²) in [6.07, 6.45) is 81.4. The van der Waals surface area contributed by atoms with Crippen molar-refractivity contribution in [2.45, 2.75) is 483 Å². The molecule has 3 N–H and O–H groups in total. The Labute approximate surface area is 663 Å². The Kier molecular flexibility index (Phi) is 80.6. The van der Waals surface area contributed by atoms with Gasteiger partial charge in [0, 0.05) is 25.7 Å². The molecule has 0 fully saturated rings. The fourth-order valence-electron chi connectivity index (χ4n) is 13.5. The van der Waals surface area contributed by atoms with Crippen LogP contribution < -0.4 is 0 Å². The maximum absolute atomic E-state index is 13.2. The molecule has 0 saturated carbocycles. The number of phosphoric acid groups is 2. The van der Waals surface area contributed by atoms with Crippen LogP contribution in [0.5, 0.6) is 0 Å². The number of carbonyl (C=O) groups is 4. The number of aliphatic hydroxyl groups is 1. The van der Waals surface area contributed by atoms with Gasteiger partial charge < -0.3 is 33.8 Å². The monoisotopic (exact) mass is 1570 g/mol. The zero-order chi connectivity index (χ0) is 78.9. The number of rotatable bonds is 88. The summed E-state index contributed by atoms with van der Waals surface area (Å²) < 4.78 is 69.0. The lowest BCUT2D eigenvalue weighted by molar-refractivity contribution is -0.161. The molecule has 2 unspecified atom stereocenters. The van der Waals surface area contributed by atoms with Crippen molar-refractivity contribution in [3.05, 3.63) is 24.3 Å². The van der Waals surface area contributed by atoms with Crippen LogP contribution in [0.3, 0.4) is 0 Å². The molecule has 0 radical (unpaired) electrons. The van der Waals surface area contributed by atoms with Gasteiger partial charge in [0.25, 0.3) is 0 Å². The van der Waals surface area contributed by atoms with Crippen LogP contribution in [0.4, 0.5) is 0 Å². The van der Waals surface area contributed by atoms with Crippen molar-refractivity contribution in [3.63, 3.8) is 0 Å². The van der Waals surface area contributed by atoms with Gasteiger partial charge in [0.1, 0.15) is 19.3 Å². The summed E-state index contributed by atoms with van der Waals surface area (Å²) in [5, 5.41) is 10.7. The van der Waals surface area contributed by atoms with Crippen LogP contribution in [0, 0.1) is 0 Å². The van der Waals surface area contributed by atoms with Gasteiger partial charge in [-0.05, 0) is 51.4 Å². The van der Waals surface area contributed by atoms with Gasteiger partial charge in [0.15, 0.2) is 12.2 Å². The molecule has 0 bridgehead atoms. The molecule has 0 saturated heterocycles. The molecule has 0 heterocycles. The first-order chi connectivity index (χ1) is 52.7. The molecule has 19 heteroatoms. The molecule has 638 valence electrons. The molecule has 0 aromatic rings. The van der Waals surface area contributed by atoms with E-state index in [4.69, 9.17) is 37.0 Å². The van der Waals surface area contributed by atoms with Crippen molar-refractivity contribution in [1.82, 2.24) is 0 Å². The van der Waals surface area contributed by atoms with Crippen molar-refractivity contribution < 1.29 is 80.2 Å². The van der Waals surface area contributed by atoms with Gasteiger partial charge in [-0.25, -0.2) is 9.13 Å². The molecule has 0 aromatic heterocycles. The second-order valence-electron chi connectivity index (χ2n) is 31.3. The van der Waals surface area contributed by atoms with Gasteiger partial charge in [-0.3, -0.25) is 37.3 Å². The van der Waals surface area contributed by atoms with E-state index in [0.29, 0.717) is 25.7 Å². The molecule has 0 aliphatic heterocycles. The highest BCUT2D eigenvalue weighted by Crippen LogP contribution is 2.45. The fourth-order valence-corrected chi connectivity index (χ4v) is 15.1. The Bertz CT molecular complexity index is 2130. The van der Waals surface area contributed by atoms with Crippen molar-refractivity contribution in [1.29, 1.82) is 0 Å². The zero-order valence-electron chi connectivity index (χ0n) is 70.3. The molecule has 5 atom stereocenters. The first-order valence-corrected chi connectivity index (χ1v) is 48.6. The average Bonchev–Trinajstić information content (AvgIpc) is 0.899. The second-order valence-corrected chi connectivity index (χ2v) is 34.2. The minimum absolute atomic E-state index is 0.0862. The molecular formula is C89H170O17P2. The SMILES string of the molecule is CCCCCC/C=C\C=C/CCCCCCCC(=O)O[C@H](COC(=O)CCCCCCCCCCCCCCC)COP(=O)(O)OC[C@H](O)COP(=O)(O)OC[C@@H](COC(=O)CCCCCCCCCCCCCCCCCCCCCC)OC(=O)CCCCCCCCCCCCCCCCCCCCCC. The van der Waals surface area contributed by atoms with E-state index in [0.717, 1.165) is 103 Å². The minimum Gasteiger partial charge on any atom is -0.462 e. The molecule has 0 spiro atoms. The third kappa shape index (κ3) is 81.6. The summed E-state index contributed by atoms with van der Waals surface area (Å²) in [6, 6.07) is 0. The van der Waals surface area contributed by atoms with Gasteiger partial charge in [-0.2, -0.15) is 0 Å². The number of unbranched alkanes of at least 4 members (excludes halogenated alkanes) is 59. The molecule has 0 aromatic carbocycles. The van der Waals surface area contributed by atoms with Crippen molar-refractivity contribution in [3.8, 4) is 0 Å². The van der Waals surface area contributed by atoms with Crippen LogP contribution in [-0.4, -0.2) is 96.7 Å². The van der Waals surface area contributed by atoms with Crippen molar-refractivity contribution >= 4 is 39.5 Å². The summed E-state index contributed by atoms with van der Waals surface area (Å²) in [5.41, 5.74) is 0. The smallest absolute Gasteiger partial charge is 0.462 e. The first kappa shape index (κ1) is 106. The lowest BCUT2D eigenvalue weighted by Gasteiger charge is -2.21. The minimum atomic E-state index is -4.97. The lowest BCUT2D eigenvalue weighted by Crippen LogP contribution is -2.30. The Morgan fingerprint density at radius 3 is 0.676 bits per heavy atom. The highest BCUT2D eigenvalue weighted by Gasteiger charge is 2.30. The predicted molar refractivity (Wildman–Crippen MR) is 446 cm³/mol. The van der Waals surface area contributed by atoms with Crippen molar-refractivity contribution in [2.75, 3.05) is 39.6 Å². The average molecular weight is 1570 g/mol. The van der Waals surface area contributed by atoms with E-state index in [1.807, 2.05) is 0 Å². The van der Waals surface area contributed by atoms with Gasteiger partial charge in [-0.15, -0.1) is 0 Å². The highest BCUT2D eigenvalue weighted by molar-refractivity contribution is 7.47. The van der Waals surface area contributed by atoms with E-state index in [9.17, 15) is 43.2 Å². The molecular weight excluding hydrogens is 1400 g/mol. The molecule has 17 nitrogen and oxygen atoms in total. The summed E-state index contributed by atoms with van der Waals surface area (Å²) in [7, 11) is -9.94. The maximum atomic E-state index is 13.2. The summed E-state index contributed by atoms with van der Waals surface area (Å²) in [4.78, 5) is 73.3. The number of ether oxygens (including phenoxy) is 4. The highest BCUT2D eigenvalue weighted by atomic mass is 31.2. The molecule has 0 amide bonds. The van der Waals surface area contributed by atoms with E-state index in [1.54, 1.807) is 0 Å². The van der Waals surface area contributed by atoms with Crippen LogP contribution in [0.15, 0.2) is 24.3 Å². The number of carbonyl (C=O) groups excluding carboxylic acids is 4. The number of phosphoric ester groups is 2. The van der Waals surface area contributed by atoms with Gasteiger partial charge in [0.2, 0.25) is 0 Å². The van der Waals surface area contributed by atoms with Gasteiger partial charge in [-0.1, -0.05) is 412 Å². The Morgan fingerprint density at radius 2 is 0.444 bits per heavy atom. The quantitative estimate of drug-likeness (QED) is 0.0169. The standard InChI is InChI=1S/C89H170O17P2/c1-5-9-13-17-21-25-29-33-36-38-40-42-44-47-50-54-58-62-66-70-74-87(92)100-80-85(106-89(94)76-72-68-64-60-56-52-48-45-43-41-39-37-34-30-26-22-18-14-10-6-2)82-104-108(97,98)102-78-83(90)77-101-107(95,96)103-81-84(79-99-86(91)73-69-65-61-57-53-49-32-28-24-20-16-12-8-4)105-88(93)75-71-67-63-59-55-51-46-35-31-27-23-19-15-11-7-3/h27,31,35,46,83-85,90H,5-26,28-30,32-34,36-45,47-82H2,1-4H3,(H,95,96)(H,97,98)/b31-27-,46-35-/t83-,84+,85+/m0/s1. The number of hydrogen-bond acceptors (Lipinski definition) is 15. The van der Waals surface area contributed by atoms with E-state index < -0.39 is 97.5 Å². The van der Waals surface area contributed by atoms with Crippen LogP contribution >= 0.6 is 15.6 Å². The van der Waals surface area contributed by atoms with E-state index in [-0.39, 0.29) is 25.7 Å². The topological polar surface area (TPSA) is 237 Å². The van der Waals surface area contributed by atoms with E-state index >= 15 is 0 Å². The predicted octanol–water partition coefficient (Wildman–Crippen LogP) is 27.2. The number of aliphatic hydroxyl groups excluding tert-OH is 1. The first-order valence-electron chi connectivity index (χ1n) is 45.6. The fraction of sp³-hybridized carbons (Fsp3) is 0.910. The molecule has 108 heavy (non-hydrogen) atoms. The normalized spacial score (nSPS) is 13.8. The third-order valence-electron chi connectivity index (χ3n) is 20.5. The largest absolute Gasteiger partial charge is 0.472 e. The maximum Gasteiger partial charge on any atom is 0.472 e. The zero-order valence-corrected chi connectivity index (χ0v) is 72.1. The van der Waals surface area contributed by atoms with Crippen LogP contribution in [0.25, 0.3) is 0 Å². The van der Waals surface area contributed by atoms with E-state index in [2.05, 4.69) is 52.0 Å². The molecule has 0 aliphatic carbocycles. The second kappa shape index (κ2) is 82.5. The Hall–Kier alpha value is -2.46.